The molecule has 1 aliphatic carbocycles. The van der Waals surface area contributed by atoms with E-state index in [-0.39, 0.29) is 48.9 Å². The SMILES string of the molecule is CCOC(=O)c1cc2n(n1)CC(C)(C(=O)NC1CCCCC1)N(Cc1ccc(CC)cc1)C2=O. The van der Waals surface area contributed by atoms with Crippen LogP contribution in [0.4, 0.5) is 0 Å². The number of carbonyl (C=O) groups is 3. The van der Waals surface area contributed by atoms with Gasteiger partial charge < -0.3 is 15.0 Å². The fourth-order valence-electron chi connectivity index (χ4n) is 4.85. The lowest BCUT2D eigenvalue weighted by Gasteiger charge is -2.44. The number of nitrogens with zero attached hydrogens (tertiary/aromatic N) is 3. The molecule has 0 spiro atoms. The normalized spacial score (nSPS) is 20.7. The second-order valence-corrected chi connectivity index (χ2v) is 9.44. The molecule has 182 valence electrons. The van der Waals surface area contributed by atoms with Gasteiger partial charge >= 0.3 is 5.97 Å². The summed E-state index contributed by atoms with van der Waals surface area (Å²) in [5, 5.41) is 7.52. The molecule has 2 amide bonds. The van der Waals surface area contributed by atoms with Gasteiger partial charge in [-0.3, -0.25) is 14.3 Å². The summed E-state index contributed by atoms with van der Waals surface area (Å²) in [6.07, 6.45) is 6.22. The highest BCUT2D eigenvalue weighted by Crippen LogP contribution is 2.30. The van der Waals surface area contributed by atoms with E-state index >= 15 is 0 Å². The highest BCUT2D eigenvalue weighted by Gasteiger charge is 2.48. The third-order valence-corrected chi connectivity index (χ3v) is 6.98. The Morgan fingerprint density at radius 3 is 2.44 bits per heavy atom. The molecule has 2 aromatic rings. The lowest BCUT2D eigenvalue weighted by atomic mass is 9.91. The molecule has 1 aliphatic heterocycles. The molecular weight excluding hydrogens is 432 g/mol. The Hall–Kier alpha value is -3.16. The van der Waals surface area contributed by atoms with E-state index in [0.717, 1.165) is 37.7 Å². The first-order valence-corrected chi connectivity index (χ1v) is 12.3. The highest BCUT2D eigenvalue weighted by molar-refractivity contribution is 6.01. The topological polar surface area (TPSA) is 93.5 Å². The first-order chi connectivity index (χ1) is 16.4. The quantitative estimate of drug-likeness (QED) is 0.631. The van der Waals surface area contributed by atoms with E-state index in [1.54, 1.807) is 18.7 Å². The molecule has 1 saturated carbocycles. The zero-order valence-corrected chi connectivity index (χ0v) is 20.3. The number of amides is 2. The third-order valence-electron chi connectivity index (χ3n) is 6.98. The number of aryl methyl sites for hydroxylation is 1. The van der Waals surface area contributed by atoms with E-state index in [0.29, 0.717) is 0 Å². The first-order valence-electron chi connectivity index (χ1n) is 12.3. The summed E-state index contributed by atoms with van der Waals surface area (Å²) in [4.78, 5) is 41.2. The van der Waals surface area contributed by atoms with E-state index in [4.69, 9.17) is 4.74 Å². The number of aromatic nitrogens is 2. The lowest BCUT2D eigenvalue weighted by molar-refractivity contribution is -0.134. The molecule has 8 heteroatoms. The highest BCUT2D eigenvalue weighted by atomic mass is 16.5. The lowest BCUT2D eigenvalue weighted by Crippen LogP contribution is -2.64. The monoisotopic (exact) mass is 466 g/mol. The number of rotatable bonds is 7. The zero-order chi connectivity index (χ0) is 24.3. The van der Waals surface area contributed by atoms with E-state index in [9.17, 15) is 14.4 Å². The number of benzene rings is 1. The van der Waals surface area contributed by atoms with Crippen LogP contribution in [-0.4, -0.2) is 50.7 Å². The predicted octanol–water partition coefficient (Wildman–Crippen LogP) is 3.49. The maximum absolute atomic E-state index is 13.7. The van der Waals surface area contributed by atoms with Gasteiger partial charge in [-0.1, -0.05) is 50.5 Å². The predicted molar refractivity (Wildman–Crippen MR) is 127 cm³/mol. The minimum atomic E-state index is -1.15. The Kier molecular flexibility index (Phi) is 7.05. The van der Waals surface area contributed by atoms with Gasteiger partial charge in [0.15, 0.2) is 5.69 Å². The molecule has 1 fully saturated rings. The van der Waals surface area contributed by atoms with Crippen LogP contribution in [0.15, 0.2) is 30.3 Å². The molecule has 0 radical (unpaired) electrons. The molecule has 2 heterocycles. The largest absolute Gasteiger partial charge is 0.461 e. The fourth-order valence-corrected chi connectivity index (χ4v) is 4.85. The molecule has 0 saturated heterocycles. The number of carbonyl (C=O) groups excluding carboxylic acids is 3. The van der Waals surface area contributed by atoms with Gasteiger partial charge in [-0.2, -0.15) is 5.10 Å². The molecule has 34 heavy (non-hydrogen) atoms. The Bertz CT molecular complexity index is 1060. The van der Waals surface area contributed by atoms with E-state index in [1.165, 1.54) is 22.7 Å². The van der Waals surface area contributed by atoms with Crippen LogP contribution in [0.25, 0.3) is 0 Å². The second kappa shape index (κ2) is 9.99. The van der Waals surface area contributed by atoms with E-state index in [2.05, 4.69) is 17.3 Å². The molecule has 1 aromatic heterocycles. The average Bonchev–Trinajstić information content (AvgIpc) is 3.27. The molecule has 2 aliphatic rings. The van der Waals surface area contributed by atoms with Crippen molar-refractivity contribution in [1.82, 2.24) is 20.0 Å². The maximum atomic E-state index is 13.7. The maximum Gasteiger partial charge on any atom is 0.358 e. The number of fused-ring (bicyclic) bond motifs is 1. The van der Waals surface area contributed by atoms with Gasteiger partial charge in [-0.05, 0) is 44.2 Å². The van der Waals surface area contributed by atoms with Crippen LogP contribution in [0.2, 0.25) is 0 Å². The van der Waals surface area contributed by atoms with Crippen molar-refractivity contribution in [1.29, 1.82) is 0 Å². The summed E-state index contributed by atoms with van der Waals surface area (Å²) in [7, 11) is 0. The van der Waals surface area contributed by atoms with Crippen LogP contribution < -0.4 is 5.32 Å². The molecule has 8 nitrogen and oxygen atoms in total. The summed E-state index contributed by atoms with van der Waals surface area (Å²) >= 11 is 0. The van der Waals surface area contributed by atoms with Crippen molar-refractivity contribution < 1.29 is 19.1 Å². The van der Waals surface area contributed by atoms with Gasteiger partial charge in [0.2, 0.25) is 5.91 Å². The van der Waals surface area contributed by atoms with E-state index in [1.807, 2.05) is 24.3 Å². The first kappa shape index (κ1) is 24.0. The van der Waals surface area contributed by atoms with Crippen molar-refractivity contribution >= 4 is 17.8 Å². The van der Waals surface area contributed by atoms with Gasteiger partial charge in [0.05, 0.1) is 13.2 Å². The van der Waals surface area contributed by atoms with Crippen molar-refractivity contribution in [2.75, 3.05) is 6.61 Å². The van der Waals surface area contributed by atoms with E-state index < -0.39 is 11.5 Å². The number of ether oxygens (including phenoxy) is 1. The minimum absolute atomic E-state index is 0.0781. The number of hydrogen-bond acceptors (Lipinski definition) is 5. The van der Waals surface area contributed by atoms with Gasteiger partial charge in [-0.25, -0.2) is 4.79 Å². The third kappa shape index (κ3) is 4.72. The zero-order valence-electron chi connectivity index (χ0n) is 20.3. The standard InChI is InChI=1S/C26H34N4O4/c1-4-18-11-13-19(14-12-18)16-29-23(31)22-15-21(24(32)34-5-2)28-30(22)17-26(29,3)25(33)27-20-9-7-6-8-10-20/h11-15,20H,4-10,16-17H2,1-3H3,(H,27,33). The Balaban J connectivity index is 1.67. The smallest absolute Gasteiger partial charge is 0.358 e. The second-order valence-electron chi connectivity index (χ2n) is 9.44. The van der Waals surface area contributed by atoms with Gasteiger partial charge in [0, 0.05) is 18.7 Å². The van der Waals surface area contributed by atoms with Crippen molar-refractivity contribution in [3.63, 3.8) is 0 Å². The van der Waals surface area contributed by atoms with Crippen LogP contribution in [-0.2, 0) is 29.0 Å². The summed E-state index contributed by atoms with van der Waals surface area (Å²) < 4.78 is 6.54. The molecule has 4 rings (SSSR count). The van der Waals surface area contributed by atoms with Gasteiger partial charge in [-0.15, -0.1) is 0 Å². The van der Waals surface area contributed by atoms with Crippen molar-refractivity contribution in [3.8, 4) is 0 Å². The van der Waals surface area contributed by atoms with Gasteiger partial charge in [0.25, 0.3) is 5.91 Å². The molecular formula is C26H34N4O4. The Morgan fingerprint density at radius 2 is 1.79 bits per heavy atom. The van der Waals surface area contributed by atoms with Gasteiger partial charge in [0.1, 0.15) is 11.2 Å². The molecule has 0 bridgehead atoms. The molecule has 1 unspecified atom stereocenters. The van der Waals surface area contributed by atoms with Crippen LogP contribution in [0.5, 0.6) is 0 Å². The number of hydrogen-bond donors (Lipinski definition) is 1. The van der Waals surface area contributed by atoms with Crippen molar-refractivity contribution in [2.24, 2.45) is 0 Å². The molecule has 1 N–H and O–H groups in total. The number of esters is 1. The Labute approximate surface area is 200 Å². The fraction of sp³-hybridized carbons (Fsp3) is 0.538. The average molecular weight is 467 g/mol. The van der Waals surface area contributed by atoms with Crippen molar-refractivity contribution in [3.05, 3.63) is 52.8 Å². The molecule has 1 atom stereocenters. The summed E-state index contributed by atoms with van der Waals surface area (Å²) in [6.45, 7) is 6.28. The minimum Gasteiger partial charge on any atom is -0.461 e. The van der Waals surface area contributed by atoms with Crippen LogP contribution >= 0.6 is 0 Å². The summed E-state index contributed by atoms with van der Waals surface area (Å²) in [6, 6.07) is 9.68. The summed E-state index contributed by atoms with van der Waals surface area (Å²) in [5.74, 6) is -1.08. The summed E-state index contributed by atoms with van der Waals surface area (Å²) in [5.41, 5.74) is 1.37. The molecule has 1 aromatic carbocycles. The van der Waals surface area contributed by atoms with Crippen LogP contribution in [0, 0.1) is 0 Å². The number of nitrogens with one attached hydrogen (secondary N) is 1. The van der Waals surface area contributed by atoms with Crippen LogP contribution in [0.1, 0.15) is 85.0 Å². The Morgan fingerprint density at radius 1 is 1.12 bits per heavy atom. The van der Waals surface area contributed by atoms with Crippen LogP contribution in [0.3, 0.4) is 0 Å². The van der Waals surface area contributed by atoms with Crippen molar-refractivity contribution in [2.45, 2.75) is 84.0 Å².